The molecule has 1 aliphatic rings. The number of hydrogen-bond donors (Lipinski definition) is 0. The predicted molar refractivity (Wildman–Crippen MR) is 103 cm³/mol. The van der Waals surface area contributed by atoms with Gasteiger partial charge in [0.2, 0.25) is 0 Å². The van der Waals surface area contributed by atoms with Crippen molar-refractivity contribution < 1.29 is 4.79 Å². The quantitative estimate of drug-likeness (QED) is 0.695. The van der Waals surface area contributed by atoms with Gasteiger partial charge in [0, 0.05) is 10.3 Å². The fourth-order valence-corrected chi connectivity index (χ4v) is 4.79. The summed E-state index contributed by atoms with van der Waals surface area (Å²) in [6, 6.07) is 20.2. The fourth-order valence-electron chi connectivity index (χ4n) is 2.40. The van der Waals surface area contributed by atoms with Gasteiger partial charge in [0.1, 0.15) is 0 Å². The van der Waals surface area contributed by atoms with E-state index >= 15 is 0 Å². The predicted octanol–water partition coefficient (Wildman–Crippen LogP) is 5.40. The summed E-state index contributed by atoms with van der Waals surface area (Å²) in [6.45, 7) is 0. The second kappa shape index (κ2) is 8.23. The summed E-state index contributed by atoms with van der Waals surface area (Å²) >= 11 is 3.57. The molecular formula is C20H18OS2. The van der Waals surface area contributed by atoms with E-state index in [1.807, 2.05) is 60.7 Å². The average Bonchev–Trinajstić information content (AvgIpc) is 2.62. The lowest BCUT2D eigenvalue weighted by molar-refractivity contribution is -0.110. The number of carbonyl (C=O) groups is 1. The molecule has 116 valence electrons. The first-order valence-corrected chi connectivity index (χ1v) is 9.64. The average molecular weight is 338 g/mol. The lowest BCUT2D eigenvalue weighted by Gasteiger charge is -2.12. The molecule has 2 aromatic rings. The highest BCUT2D eigenvalue weighted by molar-refractivity contribution is 8.22. The van der Waals surface area contributed by atoms with Crippen LogP contribution in [0.25, 0.3) is 5.57 Å². The van der Waals surface area contributed by atoms with Gasteiger partial charge in [0.15, 0.2) is 5.78 Å². The summed E-state index contributed by atoms with van der Waals surface area (Å²) in [6.07, 6.45) is 4.75. The fraction of sp³-hybridized carbons (Fsp3) is 0.150. The molecule has 0 amide bonds. The molecule has 1 fully saturated rings. The first kappa shape index (κ1) is 16.2. The minimum absolute atomic E-state index is 0.0598. The van der Waals surface area contributed by atoms with Crippen LogP contribution in [0.4, 0.5) is 0 Å². The Morgan fingerprint density at radius 3 is 1.87 bits per heavy atom. The summed E-state index contributed by atoms with van der Waals surface area (Å²) in [7, 11) is 0. The zero-order valence-electron chi connectivity index (χ0n) is 12.8. The summed E-state index contributed by atoms with van der Waals surface area (Å²) < 4.78 is 1.14. The van der Waals surface area contributed by atoms with Gasteiger partial charge in [-0.15, -0.1) is 23.5 Å². The van der Waals surface area contributed by atoms with E-state index in [2.05, 4.69) is 0 Å². The standard InChI is InChI=1S/C20H18OS2/c21-18(15-20-22-12-7-13-23-20)14-19(16-8-3-1-4-9-16)17-10-5-2-6-11-17/h1-6,8-11,14-15H,7,12-13H2. The molecule has 0 unspecified atom stereocenters. The van der Waals surface area contributed by atoms with Crippen LogP contribution in [0.3, 0.4) is 0 Å². The van der Waals surface area contributed by atoms with Crippen LogP contribution in [0, 0.1) is 0 Å². The normalized spacial score (nSPS) is 14.2. The molecule has 0 saturated carbocycles. The third-order valence-electron chi connectivity index (χ3n) is 3.49. The van der Waals surface area contributed by atoms with Crippen molar-refractivity contribution in [2.75, 3.05) is 11.5 Å². The Kier molecular flexibility index (Phi) is 5.78. The van der Waals surface area contributed by atoms with Crippen LogP contribution in [0.1, 0.15) is 17.5 Å². The van der Waals surface area contributed by atoms with Crippen molar-refractivity contribution in [2.45, 2.75) is 6.42 Å². The van der Waals surface area contributed by atoms with Gasteiger partial charge >= 0.3 is 0 Å². The van der Waals surface area contributed by atoms with E-state index < -0.39 is 0 Å². The Bertz CT molecular complexity index is 668. The van der Waals surface area contributed by atoms with Crippen LogP contribution < -0.4 is 0 Å². The molecule has 3 rings (SSSR count). The maximum Gasteiger partial charge on any atom is 0.180 e. The molecule has 0 spiro atoms. The van der Waals surface area contributed by atoms with Gasteiger partial charge in [0.05, 0.1) is 0 Å². The molecule has 23 heavy (non-hydrogen) atoms. The maximum atomic E-state index is 12.5. The number of thioether (sulfide) groups is 2. The van der Waals surface area contributed by atoms with E-state index in [1.54, 1.807) is 35.7 Å². The van der Waals surface area contributed by atoms with Crippen molar-refractivity contribution in [3.8, 4) is 0 Å². The van der Waals surface area contributed by atoms with Gasteiger partial charge in [-0.2, -0.15) is 0 Å². The maximum absolute atomic E-state index is 12.5. The summed E-state index contributed by atoms with van der Waals surface area (Å²) in [5.74, 6) is 2.28. The van der Waals surface area contributed by atoms with Crippen molar-refractivity contribution in [1.29, 1.82) is 0 Å². The van der Waals surface area contributed by atoms with Crippen LogP contribution in [-0.4, -0.2) is 17.3 Å². The number of ketones is 1. The van der Waals surface area contributed by atoms with E-state index in [1.165, 1.54) is 6.42 Å². The summed E-state index contributed by atoms with van der Waals surface area (Å²) in [5.41, 5.74) is 3.10. The molecule has 3 heteroatoms. The number of allylic oxidation sites excluding steroid dienone is 2. The molecule has 0 atom stereocenters. The smallest absolute Gasteiger partial charge is 0.180 e. The zero-order valence-corrected chi connectivity index (χ0v) is 14.4. The van der Waals surface area contributed by atoms with Crippen LogP contribution in [0.5, 0.6) is 0 Å². The lowest BCUT2D eigenvalue weighted by Crippen LogP contribution is -1.97. The summed E-state index contributed by atoms with van der Waals surface area (Å²) in [4.78, 5) is 12.5. The zero-order chi connectivity index (χ0) is 15.9. The van der Waals surface area contributed by atoms with Crippen molar-refractivity contribution in [1.82, 2.24) is 0 Å². The van der Waals surface area contributed by atoms with E-state index in [-0.39, 0.29) is 5.78 Å². The molecule has 0 aromatic heterocycles. The van der Waals surface area contributed by atoms with Crippen LogP contribution in [0.2, 0.25) is 0 Å². The second-order valence-corrected chi connectivity index (χ2v) is 7.74. The molecule has 1 nitrogen and oxygen atoms in total. The highest BCUT2D eigenvalue weighted by Crippen LogP contribution is 2.34. The van der Waals surface area contributed by atoms with Crippen molar-refractivity contribution >= 4 is 34.9 Å². The first-order valence-electron chi connectivity index (χ1n) is 7.67. The van der Waals surface area contributed by atoms with Crippen LogP contribution in [0.15, 0.2) is 77.1 Å². The summed E-state index contributed by atoms with van der Waals surface area (Å²) in [5, 5.41) is 0. The highest BCUT2D eigenvalue weighted by atomic mass is 32.2. The minimum Gasteiger partial charge on any atom is -0.290 e. The largest absolute Gasteiger partial charge is 0.290 e. The molecule has 0 radical (unpaired) electrons. The van der Waals surface area contributed by atoms with Gasteiger partial charge in [-0.1, -0.05) is 60.7 Å². The second-order valence-electron chi connectivity index (χ2n) is 5.21. The molecule has 1 saturated heterocycles. The van der Waals surface area contributed by atoms with Gasteiger partial charge in [0.25, 0.3) is 0 Å². The topological polar surface area (TPSA) is 17.1 Å². The van der Waals surface area contributed by atoms with Crippen molar-refractivity contribution in [3.63, 3.8) is 0 Å². The molecule has 1 heterocycles. The Morgan fingerprint density at radius 2 is 1.35 bits per heavy atom. The number of hydrogen-bond acceptors (Lipinski definition) is 3. The first-order chi connectivity index (χ1) is 11.3. The third kappa shape index (κ3) is 4.63. The van der Waals surface area contributed by atoms with Gasteiger partial charge in [-0.25, -0.2) is 0 Å². The number of benzene rings is 2. The molecule has 1 aliphatic heterocycles. The number of carbonyl (C=O) groups excluding carboxylic acids is 1. The van der Waals surface area contributed by atoms with Gasteiger partial charge in [-0.3, -0.25) is 4.79 Å². The molecule has 2 aromatic carbocycles. The third-order valence-corrected chi connectivity index (χ3v) is 5.99. The Labute approximate surface area is 145 Å². The minimum atomic E-state index is 0.0598. The van der Waals surface area contributed by atoms with E-state index in [0.29, 0.717) is 0 Å². The van der Waals surface area contributed by atoms with Crippen LogP contribution >= 0.6 is 23.5 Å². The van der Waals surface area contributed by atoms with E-state index in [9.17, 15) is 4.79 Å². The van der Waals surface area contributed by atoms with Crippen LogP contribution in [-0.2, 0) is 4.79 Å². The lowest BCUT2D eigenvalue weighted by atomic mass is 9.97. The molecular weight excluding hydrogens is 320 g/mol. The van der Waals surface area contributed by atoms with Gasteiger partial charge < -0.3 is 0 Å². The Balaban J connectivity index is 1.93. The number of rotatable bonds is 4. The van der Waals surface area contributed by atoms with Gasteiger partial charge in [-0.05, 0) is 40.7 Å². The highest BCUT2D eigenvalue weighted by Gasteiger charge is 2.10. The Morgan fingerprint density at radius 1 is 0.826 bits per heavy atom. The Hall–Kier alpha value is -1.71. The van der Waals surface area contributed by atoms with Crippen molar-refractivity contribution in [2.24, 2.45) is 0 Å². The van der Waals surface area contributed by atoms with E-state index in [4.69, 9.17) is 0 Å². The molecule has 0 N–H and O–H groups in total. The molecule has 0 aliphatic carbocycles. The monoisotopic (exact) mass is 338 g/mol. The molecule has 0 bridgehead atoms. The SMILES string of the molecule is O=C(C=C1SCCCS1)C=C(c1ccccc1)c1ccccc1. The van der Waals surface area contributed by atoms with E-state index in [0.717, 1.165) is 32.4 Å². The van der Waals surface area contributed by atoms with Crippen molar-refractivity contribution in [3.05, 3.63) is 88.2 Å².